The number of carbonyl (C=O) groups excluding carboxylic acids is 1. The first-order valence-corrected chi connectivity index (χ1v) is 6.05. The summed E-state index contributed by atoms with van der Waals surface area (Å²) in [6, 6.07) is 1.52. The molecule has 18 heavy (non-hydrogen) atoms. The second-order valence-electron chi connectivity index (χ2n) is 4.41. The van der Waals surface area contributed by atoms with Gasteiger partial charge in [-0.2, -0.15) is 0 Å². The van der Waals surface area contributed by atoms with E-state index >= 15 is 0 Å². The quantitative estimate of drug-likeness (QED) is 0.813. The first-order valence-electron chi connectivity index (χ1n) is 6.05. The number of nitrogen functional groups attached to an aromatic ring is 1. The molecule has 0 aliphatic heterocycles. The molecule has 5 heteroatoms. The lowest BCUT2D eigenvalue weighted by molar-refractivity contribution is 0.0515. The highest BCUT2D eigenvalue weighted by Crippen LogP contribution is 2.21. The van der Waals surface area contributed by atoms with Crippen LogP contribution in [0.1, 0.15) is 38.1 Å². The largest absolute Gasteiger partial charge is 0.474 e. The Labute approximate surface area is 107 Å². The van der Waals surface area contributed by atoms with Gasteiger partial charge in [-0.1, -0.05) is 13.8 Å². The van der Waals surface area contributed by atoms with Crippen LogP contribution in [0.2, 0.25) is 0 Å². The van der Waals surface area contributed by atoms with Crippen molar-refractivity contribution in [3.8, 4) is 5.88 Å². The normalized spacial score (nSPS) is 12.3. The van der Waals surface area contributed by atoms with Gasteiger partial charge in [-0.3, -0.25) is 0 Å². The summed E-state index contributed by atoms with van der Waals surface area (Å²) in [5.74, 6) is 0.117. The fraction of sp³-hybridized carbons (Fsp3) is 0.538. The minimum absolute atomic E-state index is 0.0469. The Balaban J connectivity index is 2.99. The Bertz CT molecular complexity index is 419. The monoisotopic (exact) mass is 252 g/mol. The number of anilines is 1. The van der Waals surface area contributed by atoms with E-state index < -0.39 is 5.97 Å². The lowest BCUT2D eigenvalue weighted by Gasteiger charge is -2.18. The Morgan fingerprint density at radius 2 is 2.11 bits per heavy atom. The molecule has 1 aromatic heterocycles. The molecule has 1 unspecified atom stereocenters. The zero-order valence-corrected chi connectivity index (χ0v) is 11.3. The highest BCUT2D eigenvalue weighted by Gasteiger charge is 2.19. The van der Waals surface area contributed by atoms with Crippen molar-refractivity contribution < 1.29 is 14.3 Å². The average Bonchev–Trinajstić information content (AvgIpc) is 2.31. The highest BCUT2D eigenvalue weighted by molar-refractivity contribution is 5.92. The molecule has 5 nitrogen and oxygen atoms in total. The van der Waals surface area contributed by atoms with Crippen LogP contribution in [0.3, 0.4) is 0 Å². The minimum Gasteiger partial charge on any atom is -0.474 e. The van der Waals surface area contributed by atoms with E-state index in [-0.39, 0.29) is 17.5 Å². The Hall–Kier alpha value is -1.78. The SMILES string of the molecule is CCOC(=O)c1cc(N)cnc1OC(C)C(C)C. The molecular weight excluding hydrogens is 232 g/mol. The number of esters is 1. The van der Waals surface area contributed by atoms with E-state index in [0.29, 0.717) is 18.2 Å². The smallest absolute Gasteiger partial charge is 0.343 e. The third-order valence-electron chi connectivity index (χ3n) is 2.60. The fourth-order valence-corrected chi connectivity index (χ4v) is 1.23. The van der Waals surface area contributed by atoms with Crippen molar-refractivity contribution in [2.75, 3.05) is 12.3 Å². The number of nitrogens with zero attached hydrogens (tertiary/aromatic N) is 1. The van der Waals surface area contributed by atoms with E-state index in [9.17, 15) is 4.79 Å². The number of aromatic nitrogens is 1. The molecule has 0 bridgehead atoms. The van der Waals surface area contributed by atoms with Crippen molar-refractivity contribution in [1.82, 2.24) is 4.98 Å². The van der Waals surface area contributed by atoms with E-state index in [1.165, 1.54) is 12.3 Å². The third kappa shape index (κ3) is 3.61. The van der Waals surface area contributed by atoms with E-state index in [4.69, 9.17) is 15.2 Å². The number of nitrogens with two attached hydrogens (primary N) is 1. The molecule has 0 saturated carbocycles. The van der Waals surface area contributed by atoms with Crippen LogP contribution in [-0.4, -0.2) is 23.7 Å². The summed E-state index contributed by atoms with van der Waals surface area (Å²) in [5, 5.41) is 0. The predicted molar refractivity (Wildman–Crippen MR) is 69.5 cm³/mol. The van der Waals surface area contributed by atoms with Crippen molar-refractivity contribution in [1.29, 1.82) is 0 Å². The molecule has 0 aromatic carbocycles. The summed E-state index contributed by atoms with van der Waals surface area (Å²) >= 11 is 0. The van der Waals surface area contributed by atoms with E-state index in [1.54, 1.807) is 6.92 Å². The van der Waals surface area contributed by atoms with Crippen molar-refractivity contribution in [3.05, 3.63) is 17.8 Å². The fourth-order valence-electron chi connectivity index (χ4n) is 1.23. The topological polar surface area (TPSA) is 74.4 Å². The predicted octanol–water partition coefficient (Wildman–Crippen LogP) is 2.26. The van der Waals surface area contributed by atoms with E-state index in [2.05, 4.69) is 4.98 Å². The van der Waals surface area contributed by atoms with Crippen LogP contribution in [0.5, 0.6) is 5.88 Å². The first-order chi connectivity index (χ1) is 8.45. The van der Waals surface area contributed by atoms with Gasteiger partial charge in [0.2, 0.25) is 5.88 Å². The summed E-state index contributed by atoms with van der Waals surface area (Å²) in [5.41, 5.74) is 6.30. The molecule has 0 aliphatic rings. The lowest BCUT2D eigenvalue weighted by Crippen LogP contribution is -2.21. The maximum Gasteiger partial charge on any atom is 0.343 e. The molecule has 1 aromatic rings. The van der Waals surface area contributed by atoms with Crippen molar-refractivity contribution in [2.24, 2.45) is 5.92 Å². The zero-order chi connectivity index (χ0) is 13.7. The summed E-state index contributed by atoms with van der Waals surface area (Å²) in [4.78, 5) is 15.8. The maximum atomic E-state index is 11.8. The van der Waals surface area contributed by atoms with Crippen molar-refractivity contribution in [3.63, 3.8) is 0 Å². The maximum absolute atomic E-state index is 11.8. The molecule has 1 heterocycles. The standard InChI is InChI=1S/C13H20N2O3/c1-5-17-13(16)11-6-10(14)7-15-12(11)18-9(4)8(2)3/h6-9H,5,14H2,1-4H3. The zero-order valence-electron chi connectivity index (χ0n) is 11.3. The molecule has 0 fully saturated rings. The number of pyridine rings is 1. The Kier molecular flexibility index (Phi) is 4.95. The lowest BCUT2D eigenvalue weighted by atomic mass is 10.1. The third-order valence-corrected chi connectivity index (χ3v) is 2.60. The highest BCUT2D eigenvalue weighted by atomic mass is 16.5. The van der Waals surface area contributed by atoms with Crippen LogP contribution < -0.4 is 10.5 Å². The van der Waals surface area contributed by atoms with Crippen LogP contribution in [0.4, 0.5) is 5.69 Å². The summed E-state index contributed by atoms with van der Waals surface area (Å²) < 4.78 is 10.6. The number of hydrogen-bond donors (Lipinski definition) is 1. The van der Waals surface area contributed by atoms with Gasteiger partial charge in [0.15, 0.2) is 0 Å². The summed E-state index contributed by atoms with van der Waals surface area (Å²) in [6.07, 6.45) is 1.42. The van der Waals surface area contributed by atoms with Gasteiger partial charge in [0.25, 0.3) is 0 Å². The van der Waals surface area contributed by atoms with Gasteiger partial charge in [0.1, 0.15) is 5.56 Å². The number of hydrogen-bond acceptors (Lipinski definition) is 5. The summed E-state index contributed by atoms with van der Waals surface area (Å²) in [7, 11) is 0. The van der Waals surface area contributed by atoms with Gasteiger partial charge in [-0.15, -0.1) is 0 Å². The van der Waals surface area contributed by atoms with Gasteiger partial charge >= 0.3 is 5.97 Å². The van der Waals surface area contributed by atoms with Crippen molar-refractivity contribution in [2.45, 2.75) is 33.8 Å². The Morgan fingerprint density at radius 3 is 2.67 bits per heavy atom. The molecule has 0 radical (unpaired) electrons. The van der Waals surface area contributed by atoms with E-state index in [1.807, 2.05) is 20.8 Å². The van der Waals surface area contributed by atoms with Crippen LogP contribution >= 0.6 is 0 Å². The second kappa shape index (κ2) is 6.23. The van der Waals surface area contributed by atoms with Crippen LogP contribution in [-0.2, 0) is 4.74 Å². The molecule has 0 amide bonds. The van der Waals surface area contributed by atoms with Gasteiger partial charge in [-0.05, 0) is 25.8 Å². The molecule has 100 valence electrons. The second-order valence-corrected chi connectivity index (χ2v) is 4.41. The van der Waals surface area contributed by atoms with Crippen LogP contribution in [0, 0.1) is 5.92 Å². The number of rotatable bonds is 5. The molecule has 1 atom stereocenters. The van der Waals surface area contributed by atoms with E-state index in [0.717, 1.165) is 0 Å². The Morgan fingerprint density at radius 1 is 1.44 bits per heavy atom. The number of ether oxygens (including phenoxy) is 2. The number of carbonyl (C=O) groups is 1. The molecule has 2 N–H and O–H groups in total. The van der Waals surface area contributed by atoms with Crippen molar-refractivity contribution >= 4 is 11.7 Å². The molecule has 1 rings (SSSR count). The van der Waals surface area contributed by atoms with Gasteiger partial charge in [0, 0.05) is 0 Å². The van der Waals surface area contributed by atoms with Crippen LogP contribution in [0.15, 0.2) is 12.3 Å². The van der Waals surface area contributed by atoms with Gasteiger partial charge in [0.05, 0.1) is 24.6 Å². The molecule has 0 aliphatic carbocycles. The van der Waals surface area contributed by atoms with Gasteiger partial charge < -0.3 is 15.2 Å². The van der Waals surface area contributed by atoms with Gasteiger partial charge in [-0.25, -0.2) is 9.78 Å². The average molecular weight is 252 g/mol. The molecule has 0 saturated heterocycles. The summed E-state index contributed by atoms with van der Waals surface area (Å²) in [6.45, 7) is 8.04. The molecular formula is C13H20N2O3. The first kappa shape index (κ1) is 14.3. The van der Waals surface area contributed by atoms with Crippen LogP contribution in [0.25, 0.3) is 0 Å². The minimum atomic E-state index is -0.469. The molecule has 0 spiro atoms.